The van der Waals surface area contributed by atoms with Crippen molar-refractivity contribution in [1.29, 1.82) is 0 Å². The molecule has 0 aromatic carbocycles. The van der Waals surface area contributed by atoms with E-state index >= 15 is 0 Å². The number of rotatable bonds is 7. The van der Waals surface area contributed by atoms with E-state index in [1.807, 2.05) is 0 Å². The molecular formula is C17H36N2. The normalized spacial score (nSPS) is 33.6. The van der Waals surface area contributed by atoms with E-state index in [0.717, 1.165) is 30.3 Å². The first-order valence-corrected chi connectivity index (χ1v) is 8.50. The number of hydrogen-bond acceptors (Lipinski definition) is 2. The van der Waals surface area contributed by atoms with E-state index in [0.29, 0.717) is 6.04 Å². The first-order valence-electron chi connectivity index (χ1n) is 8.50. The van der Waals surface area contributed by atoms with Crippen LogP contribution in [0.5, 0.6) is 0 Å². The smallest absolute Gasteiger partial charge is 0.0275 e. The summed E-state index contributed by atoms with van der Waals surface area (Å²) in [6.07, 6.45) is 4.03. The van der Waals surface area contributed by atoms with Crippen molar-refractivity contribution in [2.75, 3.05) is 19.6 Å². The average Bonchev–Trinajstić information content (AvgIpc) is 2.36. The molecule has 0 aromatic rings. The standard InChI is InChI=1S/C17H36N2/c1-7-13(4)12-19(9-3)17-15(6)10-14(5)11-16(17)18-8-2/h13-18H,7-12H2,1-6H3. The van der Waals surface area contributed by atoms with Gasteiger partial charge in [0.1, 0.15) is 0 Å². The predicted molar refractivity (Wildman–Crippen MR) is 85.5 cm³/mol. The van der Waals surface area contributed by atoms with Crippen molar-refractivity contribution in [3.05, 3.63) is 0 Å². The van der Waals surface area contributed by atoms with Crippen LogP contribution in [-0.2, 0) is 0 Å². The summed E-state index contributed by atoms with van der Waals surface area (Å²) in [4.78, 5) is 2.75. The SMILES string of the molecule is CCNC1CC(C)CC(C)C1N(CC)CC(C)CC. The zero-order valence-electron chi connectivity index (χ0n) is 14.1. The molecule has 0 saturated heterocycles. The monoisotopic (exact) mass is 268 g/mol. The van der Waals surface area contributed by atoms with Crippen LogP contribution in [0.4, 0.5) is 0 Å². The first-order chi connectivity index (χ1) is 9.03. The van der Waals surface area contributed by atoms with Crippen LogP contribution in [0.3, 0.4) is 0 Å². The lowest BCUT2D eigenvalue weighted by Crippen LogP contribution is -2.57. The van der Waals surface area contributed by atoms with Crippen molar-refractivity contribution in [1.82, 2.24) is 10.2 Å². The van der Waals surface area contributed by atoms with Gasteiger partial charge in [-0.05, 0) is 43.7 Å². The van der Waals surface area contributed by atoms with Crippen LogP contribution in [-0.4, -0.2) is 36.6 Å². The first kappa shape index (κ1) is 17.0. The second kappa shape index (κ2) is 8.26. The Hall–Kier alpha value is -0.0800. The molecule has 1 saturated carbocycles. The molecule has 0 bridgehead atoms. The van der Waals surface area contributed by atoms with Crippen LogP contribution < -0.4 is 5.32 Å². The molecule has 5 atom stereocenters. The molecule has 2 nitrogen and oxygen atoms in total. The Labute approximate surface area is 121 Å². The maximum atomic E-state index is 3.76. The quantitative estimate of drug-likeness (QED) is 0.756. The van der Waals surface area contributed by atoms with Gasteiger partial charge in [-0.1, -0.05) is 48.0 Å². The highest BCUT2D eigenvalue weighted by molar-refractivity contribution is 4.94. The Bertz CT molecular complexity index is 241. The molecule has 0 amide bonds. The molecule has 19 heavy (non-hydrogen) atoms. The fraction of sp³-hybridized carbons (Fsp3) is 1.00. The summed E-state index contributed by atoms with van der Waals surface area (Å²) in [5.41, 5.74) is 0. The van der Waals surface area contributed by atoms with Crippen LogP contribution >= 0.6 is 0 Å². The van der Waals surface area contributed by atoms with Gasteiger partial charge >= 0.3 is 0 Å². The molecule has 1 rings (SSSR count). The van der Waals surface area contributed by atoms with Crippen molar-refractivity contribution in [3.8, 4) is 0 Å². The summed E-state index contributed by atoms with van der Waals surface area (Å²) < 4.78 is 0. The van der Waals surface area contributed by atoms with Gasteiger partial charge in [0.15, 0.2) is 0 Å². The summed E-state index contributed by atoms with van der Waals surface area (Å²) >= 11 is 0. The van der Waals surface area contributed by atoms with E-state index in [2.05, 4.69) is 51.8 Å². The van der Waals surface area contributed by atoms with E-state index in [1.54, 1.807) is 0 Å². The van der Waals surface area contributed by atoms with E-state index in [9.17, 15) is 0 Å². The molecule has 1 N–H and O–H groups in total. The van der Waals surface area contributed by atoms with Crippen molar-refractivity contribution in [2.45, 2.75) is 72.9 Å². The molecule has 1 fully saturated rings. The van der Waals surface area contributed by atoms with Crippen LogP contribution in [0.15, 0.2) is 0 Å². The van der Waals surface area contributed by atoms with Gasteiger partial charge in [-0.2, -0.15) is 0 Å². The summed E-state index contributed by atoms with van der Waals surface area (Å²) in [6, 6.07) is 1.42. The molecule has 0 heterocycles. The van der Waals surface area contributed by atoms with Gasteiger partial charge < -0.3 is 5.32 Å². The van der Waals surface area contributed by atoms with Gasteiger partial charge in [0.25, 0.3) is 0 Å². The fourth-order valence-corrected chi connectivity index (χ4v) is 3.91. The van der Waals surface area contributed by atoms with E-state index in [-0.39, 0.29) is 0 Å². The zero-order chi connectivity index (χ0) is 14.4. The lowest BCUT2D eigenvalue weighted by Gasteiger charge is -2.46. The second-order valence-electron chi connectivity index (χ2n) is 6.81. The largest absolute Gasteiger partial charge is 0.313 e. The second-order valence-corrected chi connectivity index (χ2v) is 6.81. The molecule has 0 aromatic heterocycles. The van der Waals surface area contributed by atoms with Gasteiger partial charge in [0, 0.05) is 18.6 Å². The summed E-state index contributed by atoms with van der Waals surface area (Å²) in [6.45, 7) is 17.7. The Kier molecular flexibility index (Phi) is 7.38. The third kappa shape index (κ3) is 4.75. The minimum atomic E-state index is 0.688. The van der Waals surface area contributed by atoms with Gasteiger partial charge in [0.2, 0.25) is 0 Å². The van der Waals surface area contributed by atoms with Crippen LogP contribution in [0.2, 0.25) is 0 Å². The fourth-order valence-electron chi connectivity index (χ4n) is 3.91. The zero-order valence-corrected chi connectivity index (χ0v) is 14.1. The third-order valence-corrected chi connectivity index (χ3v) is 4.96. The minimum Gasteiger partial charge on any atom is -0.313 e. The number of hydrogen-bond donors (Lipinski definition) is 1. The van der Waals surface area contributed by atoms with Crippen LogP contribution in [0.25, 0.3) is 0 Å². The van der Waals surface area contributed by atoms with E-state index in [4.69, 9.17) is 0 Å². The minimum absolute atomic E-state index is 0.688. The van der Waals surface area contributed by atoms with Crippen molar-refractivity contribution < 1.29 is 0 Å². The molecule has 0 spiro atoms. The van der Waals surface area contributed by atoms with Crippen molar-refractivity contribution in [3.63, 3.8) is 0 Å². The number of likely N-dealkylation sites (N-methyl/N-ethyl adjacent to an activating group) is 2. The molecular weight excluding hydrogens is 232 g/mol. The highest BCUT2D eigenvalue weighted by Gasteiger charge is 2.36. The maximum Gasteiger partial charge on any atom is 0.0275 e. The number of nitrogens with one attached hydrogen (secondary N) is 1. The maximum absolute atomic E-state index is 3.76. The van der Waals surface area contributed by atoms with Crippen LogP contribution in [0, 0.1) is 17.8 Å². The molecule has 1 aliphatic carbocycles. The van der Waals surface area contributed by atoms with Gasteiger partial charge in [-0.3, -0.25) is 4.90 Å². The topological polar surface area (TPSA) is 15.3 Å². The Morgan fingerprint density at radius 3 is 2.37 bits per heavy atom. The summed E-state index contributed by atoms with van der Waals surface area (Å²) in [5.74, 6) is 2.50. The molecule has 5 unspecified atom stereocenters. The lowest BCUT2D eigenvalue weighted by atomic mass is 9.75. The highest BCUT2D eigenvalue weighted by atomic mass is 15.2. The van der Waals surface area contributed by atoms with E-state index in [1.165, 1.54) is 32.4 Å². The average molecular weight is 268 g/mol. The predicted octanol–water partition coefficient (Wildman–Crippen LogP) is 3.77. The molecule has 0 radical (unpaired) electrons. The Balaban J connectivity index is 2.76. The highest BCUT2D eigenvalue weighted by Crippen LogP contribution is 2.32. The summed E-state index contributed by atoms with van der Waals surface area (Å²) in [7, 11) is 0. The third-order valence-electron chi connectivity index (χ3n) is 4.96. The molecule has 0 aliphatic heterocycles. The molecule has 2 heteroatoms. The van der Waals surface area contributed by atoms with Gasteiger partial charge in [-0.15, -0.1) is 0 Å². The Morgan fingerprint density at radius 2 is 1.84 bits per heavy atom. The lowest BCUT2D eigenvalue weighted by molar-refractivity contribution is 0.0553. The van der Waals surface area contributed by atoms with Gasteiger partial charge in [0.05, 0.1) is 0 Å². The number of nitrogens with zero attached hydrogens (tertiary/aromatic N) is 1. The molecule has 1 aliphatic rings. The van der Waals surface area contributed by atoms with E-state index < -0.39 is 0 Å². The van der Waals surface area contributed by atoms with Gasteiger partial charge in [-0.25, -0.2) is 0 Å². The molecule has 114 valence electrons. The summed E-state index contributed by atoms with van der Waals surface area (Å²) in [5, 5.41) is 3.76. The van der Waals surface area contributed by atoms with Crippen molar-refractivity contribution in [2.24, 2.45) is 17.8 Å². The Morgan fingerprint density at radius 1 is 1.16 bits per heavy atom. The van der Waals surface area contributed by atoms with Crippen molar-refractivity contribution >= 4 is 0 Å². The van der Waals surface area contributed by atoms with Crippen LogP contribution in [0.1, 0.15) is 60.8 Å².